The van der Waals surface area contributed by atoms with Crippen LogP contribution >= 0.6 is 0 Å². The Labute approximate surface area is 203 Å². The molecule has 0 fully saturated rings. The molecule has 1 amide bonds. The molecule has 0 spiro atoms. The van der Waals surface area contributed by atoms with Gasteiger partial charge in [0.15, 0.2) is 0 Å². The Morgan fingerprint density at radius 3 is 2.34 bits per heavy atom. The third kappa shape index (κ3) is 5.93. The van der Waals surface area contributed by atoms with Crippen molar-refractivity contribution >= 4 is 16.1 Å². The van der Waals surface area contributed by atoms with Crippen molar-refractivity contribution in [3.63, 3.8) is 0 Å². The Kier molecular flexibility index (Phi) is 7.26. The van der Waals surface area contributed by atoms with E-state index in [0.717, 1.165) is 59.0 Å². The molecule has 4 aromatic rings. The van der Waals surface area contributed by atoms with E-state index in [4.69, 9.17) is 9.72 Å². The highest BCUT2D eigenvalue weighted by Gasteiger charge is 2.18. The minimum Gasteiger partial charge on any atom is -0.448 e. The fourth-order valence-electron chi connectivity index (χ4n) is 3.54. The van der Waals surface area contributed by atoms with Crippen LogP contribution in [-0.4, -0.2) is 30.7 Å². The van der Waals surface area contributed by atoms with Gasteiger partial charge in [-0.3, -0.25) is 0 Å². The molecule has 0 saturated carbocycles. The van der Waals surface area contributed by atoms with Gasteiger partial charge in [-0.15, -0.1) is 0 Å². The molecule has 180 valence electrons. The number of rotatable bonds is 8. The molecule has 9 heteroatoms. The van der Waals surface area contributed by atoms with E-state index >= 15 is 0 Å². The average Bonchev–Trinajstić information content (AvgIpc) is 3.30. The quantitative estimate of drug-likeness (QED) is 0.377. The summed E-state index contributed by atoms with van der Waals surface area (Å²) in [7, 11) is -4.13. The number of hydrogen-bond donors (Lipinski definition) is 1. The van der Waals surface area contributed by atoms with E-state index < -0.39 is 21.9 Å². The zero-order valence-corrected chi connectivity index (χ0v) is 19.8. The van der Waals surface area contributed by atoms with Crippen molar-refractivity contribution in [2.45, 2.75) is 24.7 Å². The Morgan fingerprint density at radius 1 is 1.00 bits per heavy atom. The lowest BCUT2D eigenvalue weighted by Crippen LogP contribution is -2.31. The molecule has 1 N–H and O–H groups in total. The minimum atomic E-state index is -4.13. The number of carbonyl (C=O) groups excluding carboxylic acids is 1. The third-order valence-electron chi connectivity index (χ3n) is 5.34. The summed E-state index contributed by atoms with van der Waals surface area (Å²) in [4.78, 5) is 16.4. The second kappa shape index (κ2) is 10.5. The van der Waals surface area contributed by atoms with E-state index in [9.17, 15) is 17.6 Å². The van der Waals surface area contributed by atoms with E-state index in [1.165, 1.54) is 0 Å². The number of hydrogen-bond acceptors (Lipinski definition) is 5. The topological polar surface area (TPSA) is 90.3 Å². The number of sulfonamides is 1. The van der Waals surface area contributed by atoms with Gasteiger partial charge in [-0.1, -0.05) is 49.4 Å². The van der Waals surface area contributed by atoms with Crippen molar-refractivity contribution in [1.82, 2.24) is 14.3 Å². The van der Waals surface area contributed by atoms with Crippen LogP contribution in [0.25, 0.3) is 16.9 Å². The number of nitrogens with zero attached hydrogens (tertiary/aromatic N) is 2. The molecule has 0 unspecified atom stereocenters. The maximum absolute atomic E-state index is 13.0. The van der Waals surface area contributed by atoms with Crippen molar-refractivity contribution in [2.75, 3.05) is 6.61 Å². The van der Waals surface area contributed by atoms with E-state index in [1.807, 2.05) is 65.5 Å². The van der Waals surface area contributed by atoms with Crippen LogP contribution in [0.15, 0.2) is 90.0 Å². The summed E-state index contributed by atoms with van der Waals surface area (Å²) in [6.45, 7) is 2.05. The van der Waals surface area contributed by atoms with Crippen LogP contribution in [0.3, 0.4) is 0 Å². The zero-order valence-electron chi connectivity index (χ0n) is 19.0. The second-order valence-corrected chi connectivity index (χ2v) is 9.43. The second-order valence-electron chi connectivity index (χ2n) is 7.74. The third-order valence-corrected chi connectivity index (χ3v) is 6.67. The lowest BCUT2D eigenvalue weighted by Gasteiger charge is -2.09. The highest BCUT2D eigenvalue weighted by molar-refractivity contribution is 7.90. The number of halogens is 1. The van der Waals surface area contributed by atoms with Crippen molar-refractivity contribution in [1.29, 1.82) is 0 Å². The smallest absolute Gasteiger partial charge is 0.421 e. The van der Waals surface area contributed by atoms with Gasteiger partial charge in [0.1, 0.15) is 11.6 Å². The Bertz CT molecular complexity index is 1400. The molecule has 0 radical (unpaired) electrons. The first-order valence-electron chi connectivity index (χ1n) is 11.0. The Morgan fingerprint density at radius 2 is 1.69 bits per heavy atom. The predicted molar refractivity (Wildman–Crippen MR) is 130 cm³/mol. The molecule has 0 aliphatic rings. The molecule has 3 aromatic carbocycles. The largest absolute Gasteiger partial charge is 0.448 e. The molecule has 0 aliphatic heterocycles. The minimum absolute atomic E-state index is 0.00639. The molecule has 0 aliphatic carbocycles. The zero-order chi connectivity index (χ0) is 24.8. The first-order valence-corrected chi connectivity index (χ1v) is 12.5. The number of ether oxygens (including phenoxy) is 1. The molecule has 1 aromatic heterocycles. The van der Waals surface area contributed by atoms with Gasteiger partial charge in [-0.05, 0) is 42.0 Å². The van der Waals surface area contributed by atoms with Crippen LogP contribution in [0.4, 0.5) is 9.18 Å². The number of carbonyl (C=O) groups is 1. The Balaban J connectivity index is 1.35. The van der Waals surface area contributed by atoms with E-state index in [-0.39, 0.29) is 11.5 Å². The molecule has 0 saturated heterocycles. The van der Waals surface area contributed by atoms with Crippen LogP contribution in [0.5, 0.6) is 0 Å². The normalized spacial score (nSPS) is 11.3. The van der Waals surface area contributed by atoms with Crippen molar-refractivity contribution in [3.8, 4) is 16.9 Å². The van der Waals surface area contributed by atoms with E-state index in [2.05, 4.69) is 11.5 Å². The van der Waals surface area contributed by atoms with Gasteiger partial charge in [-0.25, -0.2) is 27.3 Å². The molecule has 0 atom stereocenters. The number of aryl methyl sites for hydroxylation is 1. The summed E-state index contributed by atoms with van der Waals surface area (Å²) in [6.07, 6.45) is 2.10. The number of imidazole rings is 1. The highest BCUT2D eigenvalue weighted by Crippen LogP contribution is 2.22. The Hall–Kier alpha value is -3.98. The first-order chi connectivity index (χ1) is 16.9. The average molecular weight is 494 g/mol. The number of aromatic nitrogens is 2. The number of nitrogens with one attached hydrogen (secondary N) is 1. The van der Waals surface area contributed by atoms with Crippen LogP contribution in [-0.2, 0) is 27.6 Å². The van der Waals surface area contributed by atoms with Crippen molar-refractivity contribution in [3.05, 3.63) is 102 Å². The summed E-state index contributed by atoms with van der Waals surface area (Å²) < 4.78 is 46.2. The number of amides is 1. The molecule has 7 nitrogen and oxygen atoms in total. The van der Waals surface area contributed by atoms with Gasteiger partial charge in [0.25, 0.3) is 10.0 Å². The SMILES string of the molecule is CCc1nc(-c2ccccc2)cn1-c1ccc(CCOC(=O)NS(=O)(=O)c2ccc(F)cc2)cc1. The van der Waals surface area contributed by atoms with Crippen LogP contribution in [0.1, 0.15) is 18.3 Å². The van der Waals surface area contributed by atoms with Gasteiger partial charge in [0, 0.05) is 30.3 Å². The summed E-state index contributed by atoms with van der Waals surface area (Å²) in [5, 5.41) is 0. The monoisotopic (exact) mass is 493 g/mol. The van der Waals surface area contributed by atoms with Gasteiger partial charge in [0.05, 0.1) is 17.2 Å². The highest BCUT2D eigenvalue weighted by atomic mass is 32.2. The van der Waals surface area contributed by atoms with E-state index in [1.54, 1.807) is 0 Å². The standard InChI is InChI=1S/C26H24FN3O4S/c1-2-25-28-24(20-6-4-3-5-7-20)18-30(25)22-12-8-19(9-13-22)16-17-34-26(31)29-35(32,33)23-14-10-21(27)11-15-23/h3-15,18H,2,16-17H2,1H3,(H,29,31). The van der Waals surface area contributed by atoms with Crippen LogP contribution < -0.4 is 4.72 Å². The van der Waals surface area contributed by atoms with Gasteiger partial charge in [-0.2, -0.15) is 0 Å². The maximum atomic E-state index is 13.0. The fraction of sp³-hybridized carbons (Fsp3) is 0.154. The summed E-state index contributed by atoms with van der Waals surface area (Å²) in [5.74, 6) is 0.368. The molecular formula is C26H24FN3O4S. The molecule has 35 heavy (non-hydrogen) atoms. The summed E-state index contributed by atoms with van der Waals surface area (Å²) in [6, 6.07) is 21.9. The van der Waals surface area contributed by atoms with Gasteiger partial charge >= 0.3 is 6.09 Å². The molecule has 1 heterocycles. The molecular weight excluding hydrogens is 469 g/mol. The van der Waals surface area contributed by atoms with Crippen molar-refractivity contribution in [2.24, 2.45) is 0 Å². The molecule has 0 bridgehead atoms. The van der Waals surface area contributed by atoms with Gasteiger partial charge in [0.2, 0.25) is 0 Å². The lowest BCUT2D eigenvalue weighted by molar-refractivity contribution is 0.154. The van der Waals surface area contributed by atoms with E-state index in [0.29, 0.717) is 6.42 Å². The molecule has 4 rings (SSSR count). The fourth-order valence-corrected chi connectivity index (χ4v) is 4.43. The summed E-state index contributed by atoms with van der Waals surface area (Å²) in [5.41, 5.74) is 3.84. The predicted octanol–water partition coefficient (Wildman–Crippen LogP) is 4.90. The lowest BCUT2D eigenvalue weighted by atomic mass is 10.1. The first kappa shape index (κ1) is 24.2. The number of benzene rings is 3. The van der Waals surface area contributed by atoms with Crippen LogP contribution in [0, 0.1) is 5.82 Å². The van der Waals surface area contributed by atoms with Crippen molar-refractivity contribution < 1.29 is 22.3 Å². The maximum Gasteiger partial charge on any atom is 0.421 e. The summed E-state index contributed by atoms with van der Waals surface area (Å²) >= 11 is 0. The van der Waals surface area contributed by atoms with Crippen LogP contribution in [0.2, 0.25) is 0 Å². The van der Waals surface area contributed by atoms with Gasteiger partial charge < -0.3 is 9.30 Å².